The minimum atomic E-state index is -1.04. The average molecular weight is 468 g/mol. The highest BCUT2D eigenvalue weighted by Gasteiger charge is 2.26. The fourth-order valence-electron chi connectivity index (χ4n) is 3.32. The molecule has 1 aromatic heterocycles. The molecule has 0 aliphatic heterocycles. The lowest BCUT2D eigenvalue weighted by Crippen LogP contribution is -2.22. The molecule has 0 spiro atoms. The number of hydrogen-bond acceptors (Lipinski definition) is 8. The van der Waals surface area contributed by atoms with Gasteiger partial charge in [0.2, 0.25) is 0 Å². The average Bonchev–Trinajstić information content (AvgIpc) is 3.11. The summed E-state index contributed by atoms with van der Waals surface area (Å²) < 4.78 is 17.2. The Labute approximate surface area is 195 Å². The number of carbonyl (C=O) groups is 2. The first-order valence-corrected chi connectivity index (χ1v) is 10.3. The first-order chi connectivity index (χ1) is 16.3. The minimum absolute atomic E-state index is 0.101. The molecule has 3 aromatic rings. The Hall–Kier alpha value is -4.41. The van der Waals surface area contributed by atoms with Crippen LogP contribution in [0.3, 0.4) is 0 Å². The zero-order valence-electron chi connectivity index (χ0n) is 19.2. The number of amides is 1. The van der Waals surface area contributed by atoms with E-state index in [0.717, 1.165) is 11.8 Å². The predicted molar refractivity (Wildman–Crippen MR) is 123 cm³/mol. The summed E-state index contributed by atoms with van der Waals surface area (Å²) in [6.45, 7) is 4.85. The van der Waals surface area contributed by atoms with Gasteiger partial charge in [0.05, 0.1) is 47.5 Å². The molecule has 0 aliphatic carbocycles. The smallest absolute Gasteiger partial charge is 0.345 e. The first-order valence-electron chi connectivity index (χ1n) is 10.3. The van der Waals surface area contributed by atoms with Gasteiger partial charge in [-0.3, -0.25) is 14.9 Å². The molecule has 1 heterocycles. The highest BCUT2D eigenvalue weighted by Crippen LogP contribution is 2.35. The second-order valence-corrected chi connectivity index (χ2v) is 7.13. The molecule has 0 fully saturated rings. The van der Waals surface area contributed by atoms with E-state index in [2.05, 4.69) is 10.4 Å². The first kappa shape index (κ1) is 24.2. The molecule has 11 nitrogen and oxygen atoms in total. The maximum Gasteiger partial charge on any atom is 0.345 e. The summed E-state index contributed by atoms with van der Waals surface area (Å²) in [4.78, 5) is 35.8. The SMILES string of the molecule is CCOc1cc(C(=O)OCC(=O)Nc2c(C)nn(-c3ccccc3)c2C)c([N+](=O)[O-])cc1OC. The second kappa shape index (κ2) is 10.5. The normalized spacial score (nSPS) is 10.5. The predicted octanol–water partition coefficient (Wildman–Crippen LogP) is 3.60. The van der Waals surface area contributed by atoms with Crippen LogP contribution in [0.15, 0.2) is 42.5 Å². The van der Waals surface area contributed by atoms with Crippen LogP contribution >= 0.6 is 0 Å². The Morgan fingerprint density at radius 2 is 1.85 bits per heavy atom. The van der Waals surface area contributed by atoms with Gasteiger partial charge < -0.3 is 19.5 Å². The largest absolute Gasteiger partial charge is 0.493 e. The van der Waals surface area contributed by atoms with Gasteiger partial charge in [-0.05, 0) is 32.9 Å². The van der Waals surface area contributed by atoms with E-state index in [9.17, 15) is 19.7 Å². The van der Waals surface area contributed by atoms with Crippen LogP contribution in [0.4, 0.5) is 11.4 Å². The number of nitro groups is 1. The molecule has 0 bridgehead atoms. The van der Waals surface area contributed by atoms with Crippen LogP contribution in [0, 0.1) is 24.0 Å². The van der Waals surface area contributed by atoms with E-state index in [1.54, 1.807) is 25.5 Å². The quantitative estimate of drug-likeness (QED) is 0.286. The molecule has 178 valence electrons. The Morgan fingerprint density at radius 1 is 1.15 bits per heavy atom. The number of para-hydroxylation sites is 1. The van der Waals surface area contributed by atoms with Gasteiger partial charge in [-0.2, -0.15) is 5.10 Å². The molecule has 0 saturated carbocycles. The van der Waals surface area contributed by atoms with Gasteiger partial charge in [0, 0.05) is 6.07 Å². The number of carbonyl (C=O) groups excluding carboxylic acids is 2. The van der Waals surface area contributed by atoms with E-state index >= 15 is 0 Å². The Kier molecular flexibility index (Phi) is 7.46. The van der Waals surface area contributed by atoms with E-state index in [4.69, 9.17) is 14.2 Å². The molecule has 0 unspecified atom stereocenters. The highest BCUT2D eigenvalue weighted by molar-refractivity contribution is 5.98. The number of rotatable bonds is 9. The standard InChI is InChI=1S/C23H24N4O7/c1-5-33-20-11-17(18(27(30)31)12-19(20)32-4)23(29)34-13-21(28)24-22-14(2)25-26(15(22)3)16-9-7-6-8-10-16/h6-12H,5,13H2,1-4H3,(H,24,28). The molecule has 1 N–H and O–H groups in total. The zero-order valence-corrected chi connectivity index (χ0v) is 19.2. The van der Waals surface area contributed by atoms with E-state index in [1.807, 2.05) is 30.3 Å². The number of aryl methyl sites for hydroxylation is 1. The molecule has 0 aliphatic rings. The summed E-state index contributed by atoms with van der Waals surface area (Å²) in [6, 6.07) is 11.6. The molecule has 1 amide bonds. The van der Waals surface area contributed by atoms with Crippen LogP contribution in [-0.4, -0.2) is 46.9 Å². The maximum absolute atomic E-state index is 12.6. The molecule has 2 aromatic carbocycles. The summed E-state index contributed by atoms with van der Waals surface area (Å²) in [7, 11) is 1.33. The summed E-state index contributed by atoms with van der Waals surface area (Å²) in [6.07, 6.45) is 0. The Morgan fingerprint density at radius 3 is 2.47 bits per heavy atom. The van der Waals surface area contributed by atoms with Crippen molar-refractivity contribution in [1.82, 2.24) is 9.78 Å². The lowest BCUT2D eigenvalue weighted by Gasteiger charge is -2.12. The van der Waals surface area contributed by atoms with Crippen molar-refractivity contribution in [1.29, 1.82) is 0 Å². The topological polar surface area (TPSA) is 135 Å². The molecule has 3 rings (SSSR count). The van der Waals surface area contributed by atoms with Crippen molar-refractivity contribution in [3.05, 3.63) is 69.5 Å². The number of anilines is 1. The van der Waals surface area contributed by atoms with Crippen LogP contribution in [-0.2, 0) is 9.53 Å². The Bertz CT molecular complexity index is 1220. The third kappa shape index (κ3) is 5.14. The van der Waals surface area contributed by atoms with Gasteiger partial charge in [-0.15, -0.1) is 0 Å². The van der Waals surface area contributed by atoms with E-state index in [1.165, 1.54) is 13.2 Å². The molecule has 34 heavy (non-hydrogen) atoms. The summed E-state index contributed by atoms with van der Waals surface area (Å²) >= 11 is 0. The number of benzene rings is 2. The fraction of sp³-hybridized carbons (Fsp3) is 0.261. The number of aromatic nitrogens is 2. The number of methoxy groups -OCH3 is 1. The number of nitrogens with zero attached hydrogens (tertiary/aromatic N) is 3. The van der Waals surface area contributed by atoms with Crippen molar-refractivity contribution >= 4 is 23.3 Å². The molecule has 0 radical (unpaired) electrons. The van der Waals surface area contributed by atoms with Crippen LogP contribution in [0.25, 0.3) is 5.69 Å². The van der Waals surface area contributed by atoms with E-state index in [0.29, 0.717) is 17.1 Å². The van der Waals surface area contributed by atoms with Gasteiger partial charge in [-0.25, -0.2) is 9.48 Å². The molecular weight excluding hydrogens is 444 g/mol. The second-order valence-electron chi connectivity index (χ2n) is 7.13. The molecular formula is C23H24N4O7. The van der Waals surface area contributed by atoms with Crippen molar-refractivity contribution in [2.24, 2.45) is 0 Å². The van der Waals surface area contributed by atoms with E-state index < -0.39 is 29.1 Å². The van der Waals surface area contributed by atoms with Crippen molar-refractivity contribution in [3.8, 4) is 17.2 Å². The van der Waals surface area contributed by atoms with Crippen molar-refractivity contribution in [3.63, 3.8) is 0 Å². The third-order valence-corrected chi connectivity index (χ3v) is 4.89. The minimum Gasteiger partial charge on any atom is -0.493 e. The van der Waals surface area contributed by atoms with Gasteiger partial charge >= 0.3 is 5.97 Å². The Balaban J connectivity index is 1.75. The lowest BCUT2D eigenvalue weighted by atomic mass is 10.1. The number of esters is 1. The van der Waals surface area contributed by atoms with Crippen LogP contribution in [0.5, 0.6) is 11.5 Å². The van der Waals surface area contributed by atoms with Gasteiger partial charge in [0.1, 0.15) is 5.56 Å². The highest BCUT2D eigenvalue weighted by atomic mass is 16.6. The van der Waals surface area contributed by atoms with Crippen LogP contribution in [0.1, 0.15) is 28.7 Å². The van der Waals surface area contributed by atoms with Crippen LogP contribution < -0.4 is 14.8 Å². The summed E-state index contributed by atoms with van der Waals surface area (Å²) in [5, 5.41) is 18.6. The number of nitro benzene ring substituents is 1. The monoisotopic (exact) mass is 468 g/mol. The molecule has 0 atom stereocenters. The zero-order chi connectivity index (χ0) is 24.8. The van der Waals surface area contributed by atoms with Gasteiger partial charge in [0.15, 0.2) is 18.1 Å². The number of hydrogen-bond donors (Lipinski definition) is 1. The fourth-order valence-corrected chi connectivity index (χ4v) is 3.32. The van der Waals surface area contributed by atoms with Crippen molar-refractivity contribution in [2.45, 2.75) is 20.8 Å². The lowest BCUT2D eigenvalue weighted by molar-refractivity contribution is -0.385. The number of nitrogens with one attached hydrogen (secondary N) is 1. The molecule has 11 heteroatoms. The summed E-state index contributed by atoms with van der Waals surface area (Å²) in [5.74, 6) is -1.41. The van der Waals surface area contributed by atoms with E-state index in [-0.39, 0.29) is 23.7 Å². The molecule has 0 saturated heterocycles. The van der Waals surface area contributed by atoms with Crippen molar-refractivity contribution in [2.75, 3.05) is 25.6 Å². The number of ether oxygens (including phenoxy) is 3. The van der Waals surface area contributed by atoms with Crippen molar-refractivity contribution < 1.29 is 28.7 Å². The maximum atomic E-state index is 12.6. The van der Waals surface area contributed by atoms with Gasteiger partial charge in [0.25, 0.3) is 11.6 Å². The van der Waals surface area contributed by atoms with Gasteiger partial charge in [-0.1, -0.05) is 18.2 Å². The third-order valence-electron chi connectivity index (χ3n) is 4.89. The van der Waals surface area contributed by atoms with Crippen LogP contribution in [0.2, 0.25) is 0 Å². The summed E-state index contributed by atoms with van der Waals surface area (Å²) in [5.41, 5.74) is 1.70.